The van der Waals surface area contributed by atoms with Gasteiger partial charge in [0, 0.05) is 29.1 Å². The summed E-state index contributed by atoms with van der Waals surface area (Å²) in [6.07, 6.45) is 3.65. The lowest BCUT2D eigenvalue weighted by Gasteiger charge is -2.14. The summed E-state index contributed by atoms with van der Waals surface area (Å²) in [6, 6.07) is 67.4. The standard InChI is InChI=1S/C53H33N3/c1-2-9-45-36(5-1)6-4-10-46(45)37-13-17-39(18-14-37)49-33-50(56-53(55-49)44-23-11-34(12-24-44)35-29-31-54-32-30-35)40-19-15-38(16-20-40)47-27-25-43-22-21-41-7-3-8-42-26-28-48(47)52(43)51(41)42/h1-33H. The topological polar surface area (TPSA) is 38.7 Å². The molecule has 0 saturated heterocycles. The van der Waals surface area contributed by atoms with Crippen LogP contribution < -0.4 is 0 Å². The van der Waals surface area contributed by atoms with Crippen molar-refractivity contribution in [2.24, 2.45) is 0 Å². The Hall–Kier alpha value is -7.49. The van der Waals surface area contributed by atoms with E-state index in [4.69, 9.17) is 9.97 Å². The monoisotopic (exact) mass is 711 g/mol. The molecule has 0 unspecified atom stereocenters. The van der Waals surface area contributed by atoms with Crippen molar-refractivity contribution in [3.8, 4) is 67.3 Å². The molecule has 0 radical (unpaired) electrons. The summed E-state index contributed by atoms with van der Waals surface area (Å²) in [5.41, 5.74) is 11.8. The second-order valence-corrected chi connectivity index (χ2v) is 14.4. The molecular formula is C53H33N3. The Morgan fingerprint density at radius 3 is 1.46 bits per heavy atom. The first-order valence-electron chi connectivity index (χ1n) is 19.0. The van der Waals surface area contributed by atoms with Gasteiger partial charge in [0.1, 0.15) is 0 Å². The van der Waals surface area contributed by atoms with Gasteiger partial charge in [0.2, 0.25) is 0 Å². The summed E-state index contributed by atoms with van der Waals surface area (Å²) in [4.78, 5) is 14.5. The second-order valence-electron chi connectivity index (χ2n) is 14.4. The van der Waals surface area contributed by atoms with Crippen LogP contribution in [0.25, 0.3) is 110 Å². The minimum atomic E-state index is 0.688. The highest BCUT2D eigenvalue weighted by Crippen LogP contribution is 2.40. The molecule has 3 nitrogen and oxygen atoms in total. The first-order valence-corrected chi connectivity index (χ1v) is 19.0. The summed E-state index contributed by atoms with van der Waals surface area (Å²) in [6.45, 7) is 0. The number of rotatable bonds is 6. The van der Waals surface area contributed by atoms with Gasteiger partial charge in [0.25, 0.3) is 0 Å². The Labute approximate surface area is 324 Å². The van der Waals surface area contributed by atoms with Gasteiger partial charge in [-0.2, -0.15) is 0 Å². The van der Waals surface area contributed by atoms with E-state index in [0.29, 0.717) is 5.82 Å². The van der Waals surface area contributed by atoms with E-state index in [1.54, 1.807) is 0 Å². The van der Waals surface area contributed by atoms with Crippen LogP contribution in [0.5, 0.6) is 0 Å². The first-order chi connectivity index (χ1) is 27.7. The van der Waals surface area contributed by atoms with Crippen molar-refractivity contribution in [1.82, 2.24) is 15.0 Å². The van der Waals surface area contributed by atoms with E-state index < -0.39 is 0 Å². The minimum Gasteiger partial charge on any atom is -0.265 e. The van der Waals surface area contributed by atoms with Gasteiger partial charge in [0.05, 0.1) is 11.4 Å². The van der Waals surface area contributed by atoms with Crippen molar-refractivity contribution in [2.45, 2.75) is 0 Å². The van der Waals surface area contributed by atoms with Crippen molar-refractivity contribution in [3.05, 3.63) is 200 Å². The molecular weight excluding hydrogens is 679 g/mol. The van der Waals surface area contributed by atoms with Crippen LogP contribution >= 0.6 is 0 Å². The van der Waals surface area contributed by atoms with E-state index in [1.165, 1.54) is 65.3 Å². The molecule has 0 fully saturated rings. The van der Waals surface area contributed by atoms with Gasteiger partial charge in [-0.15, -0.1) is 0 Å². The van der Waals surface area contributed by atoms with Gasteiger partial charge in [-0.1, -0.05) is 170 Å². The maximum Gasteiger partial charge on any atom is 0.160 e. The summed E-state index contributed by atoms with van der Waals surface area (Å²) >= 11 is 0. The van der Waals surface area contributed by atoms with Crippen molar-refractivity contribution >= 4 is 43.1 Å². The van der Waals surface area contributed by atoms with Crippen molar-refractivity contribution in [1.29, 1.82) is 0 Å². The molecule has 3 heteroatoms. The molecule has 2 heterocycles. The van der Waals surface area contributed by atoms with Crippen molar-refractivity contribution < 1.29 is 0 Å². The molecule has 0 spiro atoms. The molecule has 11 aromatic rings. The second kappa shape index (κ2) is 13.1. The predicted molar refractivity (Wildman–Crippen MR) is 234 cm³/mol. The lowest BCUT2D eigenvalue weighted by molar-refractivity contribution is 1.18. The zero-order valence-corrected chi connectivity index (χ0v) is 30.4. The van der Waals surface area contributed by atoms with E-state index in [0.717, 1.165) is 39.2 Å². The third-order valence-corrected chi connectivity index (χ3v) is 11.2. The molecule has 0 aliphatic heterocycles. The molecule has 0 N–H and O–H groups in total. The fourth-order valence-electron chi connectivity index (χ4n) is 8.33. The lowest BCUT2D eigenvalue weighted by atomic mass is 9.89. The molecule has 56 heavy (non-hydrogen) atoms. The Morgan fingerprint density at radius 1 is 0.286 bits per heavy atom. The van der Waals surface area contributed by atoms with E-state index in [2.05, 4.69) is 181 Å². The van der Waals surface area contributed by atoms with Gasteiger partial charge >= 0.3 is 0 Å². The van der Waals surface area contributed by atoms with Gasteiger partial charge in [-0.3, -0.25) is 4.98 Å². The van der Waals surface area contributed by atoms with E-state index in [1.807, 2.05) is 24.5 Å². The maximum absolute atomic E-state index is 5.19. The zero-order chi connectivity index (χ0) is 37.0. The SMILES string of the molecule is c1ccc2c(-c3ccc(-c4cc(-c5ccc(-c6ccc7ccc8cccc9ccc6c7c89)cc5)nc(-c5ccc(-c6ccncc6)cc5)n4)cc3)cccc2c1. The van der Waals surface area contributed by atoms with Gasteiger partial charge in [-0.25, -0.2) is 9.97 Å². The number of hydrogen-bond acceptors (Lipinski definition) is 3. The molecule has 0 aliphatic carbocycles. The number of nitrogens with zero attached hydrogens (tertiary/aromatic N) is 3. The number of aromatic nitrogens is 3. The summed E-state index contributed by atoms with van der Waals surface area (Å²) in [5, 5.41) is 10.2. The van der Waals surface area contributed by atoms with Crippen LogP contribution in [0.1, 0.15) is 0 Å². The number of hydrogen-bond donors (Lipinski definition) is 0. The highest BCUT2D eigenvalue weighted by Gasteiger charge is 2.15. The molecule has 0 saturated carbocycles. The third-order valence-electron chi connectivity index (χ3n) is 11.2. The van der Waals surface area contributed by atoms with Crippen LogP contribution in [0.3, 0.4) is 0 Å². The largest absolute Gasteiger partial charge is 0.265 e. The van der Waals surface area contributed by atoms with Gasteiger partial charge in [-0.05, 0) is 94.7 Å². The fourth-order valence-corrected chi connectivity index (χ4v) is 8.33. The minimum absolute atomic E-state index is 0.688. The predicted octanol–water partition coefficient (Wildman–Crippen LogP) is 13.9. The Morgan fingerprint density at radius 2 is 0.768 bits per heavy atom. The molecule has 9 aromatic carbocycles. The van der Waals surface area contributed by atoms with Crippen LogP contribution in [-0.4, -0.2) is 15.0 Å². The number of pyridine rings is 1. The Kier molecular flexibility index (Phi) is 7.49. The Balaban J connectivity index is 1.000. The average Bonchev–Trinajstić information content (AvgIpc) is 3.28. The quantitative estimate of drug-likeness (QED) is 0.161. The molecule has 0 atom stereocenters. The molecule has 11 rings (SSSR count). The van der Waals surface area contributed by atoms with E-state index in [9.17, 15) is 0 Å². The number of fused-ring (bicyclic) bond motifs is 1. The van der Waals surface area contributed by atoms with Gasteiger partial charge in [0.15, 0.2) is 5.82 Å². The van der Waals surface area contributed by atoms with Crippen LogP contribution in [-0.2, 0) is 0 Å². The van der Waals surface area contributed by atoms with Crippen molar-refractivity contribution in [2.75, 3.05) is 0 Å². The highest BCUT2D eigenvalue weighted by atomic mass is 14.9. The molecule has 2 aromatic heterocycles. The number of benzene rings is 9. The maximum atomic E-state index is 5.19. The van der Waals surface area contributed by atoms with E-state index in [-0.39, 0.29) is 0 Å². The zero-order valence-electron chi connectivity index (χ0n) is 30.4. The van der Waals surface area contributed by atoms with Crippen LogP contribution in [0.15, 0.2) is 200 Å². The van der Waals surface area contributed by atoms with Crippen LogP contribution in [0, 0.1) is 0 Å². The van der Waals surface area contributed by atoms with Crippen LogP contribution in [0.2, 0.25) is 0 Å². The molecule has 0 aliphatic rings. The van der Waals surface area contributed by atoms with Crippen molar-refractivity contribution in [3.63, 3.8) is 0 Å². The van der Waals surface area contributed by atoms with Crippen LogP contribution in [0.4, 0.5) is 0 Å². The Bertz CT molecular complexity index is 3180. The molecule has 0 bridgehead atoms. The lowest BCUT2D eigenvalue weighted by Crippen LogP contribution is -1.96. The smallest absolute Gasteiger partial charge is 0.160 e. The van der Waals surface area contributed by atoms with Gasteiger partial charge < -0.3 is 0 Å². The third kappa shape index (κ3) is 5.49. The fraction of sp³-hybridized carbons (Fsp3) is 0. The normalized spacial score (nSPS) is 11.6. The highest BCUT2D eigenvalue weighted by molar-refractivity contribution is 6.25. The summed E-state index contributed by atoms with van der Waals surface area (Å²) in [5.74, 6) is 0.688. The summed E-state index contributed by atoms with van der Waals surface area (Å²) in [7, 11) is 0. The molecule has 0 amide bonds. The van der Waals surface area contributed by atoms with E-state index >= 15 is 0 Å². The molecule has 260 valence electrons. The first kappa shape index (κ1) is 32.0. The summed E-state index contributed by atoms with van der Waals surface area (Å²) < 4.78 is 0. The average molecular weight is 712 g/mol.